The molecule has 2 aromatic heterocycles. The SMILES string of the molecule is CCCCS(=O)(=O)CCCn1c(CC2CC2)nc2c(N)ncc(C)c21. The Hall–Kier alpha value is -1.63. The summed E-state index contributed by atoms with van der Waals surface area (Å²) in [6.07, 6.45) is 7.47. The molecule has 0 atom stereocenters. The highest BCUT2D eigenvalue weighted by atomic mass is 32.2. The Morgan fingerprint density at radius 1 is 1.28 bits per heavy atom. The maximum absolute atomic E-state index is 12.1. The standard InChI is InChI=1S/C18H28N4O2S/c1-3-4-9-25(23,24)10-5-8-22-15(11-14-6-7-14)21-16-17(22)13(2)12-20-18(16)19/h12,14H,3-11H2,1-2H3,(H2,19,20). The van der Waals surface area contributed by atoms with E-state index in [2.05, 4.69) is 9.55 Å². The quantitative estimate of drug-likeness (QED) is 0.739. The van der Waals surface area contributed by atoms with Gasteiger partial charge in [0, 0.05) is 19.2 Å². The molecular formula is C18H28N4O2S. The van der Waals surface area contributed by atoms with Gasteiger partial charge in [0.05, 0.1) is 17.0 Å². The largest absolute Gasteiger partial charge is 0.382 e. The first-order valence-electron chi connectivity index (χ1n) is 9.22. The summed E-state index contributed by atoms with van der Waals surface area (Å²) in [6, 6.07) is 0. The molecule has 7 heteroatoms. The van der Waals surface area contributed by atoms with E-state index in [1.54, 1.807) is 6.20 Å². The van der Waals surface area contributed by atoms with E-state index in [1.807, 2.05) is 13.8 Å². The average molecular weight is 365 g/mol. The summed E-state index contributed by atoms with van der Waals surface area (Å²) in [7, 11) is -2.96. The number of nitrogens with zero attached hydrogens (tertiary/aromatic N) is 3. The highest BCUT2D eigenvalue weighted by Crippen LogP contribution is 2.34. The molecule has 138 valence electrons. The number of aryl methyl sites for hydroxylation is 2. The topological polar surface area (TPSA) is 90.9 Å². The lowest BCUT2D eigenvalue weighted by atomic mass is 10.2. The number of unbranched alkanes of at least 4 members (excludes halogenated alkanes) is 1. The van der Waals surface area contributed by atoms with Crippen molar-refractivity contribution in [1.29, 1.82) is 0 Å². The molecule has 0 aliphatic heterocycles. The van der Waals surface area contributed by atoms with Crippen molar-refractivity contribution < 1.29 is 8.42 Å². The first kappa shape index (κ1) is 18.2. The lowest BCUT2D eigenvalue weighted by Crippen LogP contribution is -2.14. The molecule has 0 unspecified atom stereocenters. The van der Waals surface area contributed by atoms with Crippen LogP contribution in [0.2, 0.25) is 0 Å². The van der Waals surface area contributed by atoms with Crippen molar-refractivity contribution in [3.8, 4) is 0 Å². The maximum atomic E-state index is 12.1. The fraction of sp³-hybridized carbons (Fsp3) is 0.667. The van der Waals surface area contributed by atoms with Crippen LogP contribution in [0.1, 0.15) is 50.4 Å². The van der Waals surface area contributed by atoms with Crippen LogP contribution < -0.4 is 5.73 Å². The molecule has 0 spiro atoms. The Morgan fingerprint density at radius 2 is 2.00 bits per heavy atom. The number of sulfone groups is 1. The second-order valence-electron chi connectivity index (χ2n) is 7.21. The first-order chi connectivity index (χ1) is 11.9. The number of imidazole rings is 1. The number of rotatable bonds is 9. The van der Waals surface area contributed by atoms with Crippen LogP contribution in [0.3, 0.4) is 0 Å². The van der Waals surface area contributed by atoms with Gasteiger partial charge in [-0.3, -0.25) is 0 Å². The second-order valence-corrected chi connectivity index (χ2v) is 9.51. The Balaban J connectivity index is 1.82. The van der Waals surface area contributed by atoms with Gasteiger partial charge in [0.2, 0.25) is 0 Å². The summed E-state index contributed by atoms with van der Waals surface area (Å²) < 4.78 is 26.4. The molecule has 1 fully saturated rings. The van der Waals surface area contributed by atoms with Crippen LogP contribution in [0.15, 0.2) is 6.20 Å². The lowest BCUT2D eigenvalue weighted by molar-refractivity contribution is 0.579. The number of aromatic nitrogens is 3. The Kier molecular flexibility index (Phi) is 5.32. The number of fused-ring (bicyclic) bond motifs is 1. The van der Waals surface area contributed by atoms with Crippen LogP contribution in [0, 0.1) is 12.8 Å². The molecule has 0 radical (unpaired) electrons. The smallest absolute Gasteiger partial charge is 0.151 e. The van der Waals surface area contributed by atoms with Gasteiger partial charge in [-0.1, -0.05) is 13.3 Å². The third-order valence-corrected chi connectivity index (χ3v) is 6.70. The van der Waals surface area contributed by atoms with Crippen molar-refractivity contribution >= 4 is 26.7 Å². The minimum Gasteiger partial charge on any atom is -0.382 e. The third-order valence-electron chi connectivity index (χ3n) is 4.87. The fourth-order valence-corrected chi connectivity index (χ4v) is 4.75. The van der Waals surface area contributed by atoms with Crippen LogP contribution in [-0.2, 0) is 22.8 Å². The predicted molar refractivity (Wildman–Crippen MR) is 101 cm³/mol. The van der Waals surface area contributed by atoms with Crippen LogP contribution in [0.4, 0.5) is 5.82 Å². The summed E-state index contributed by atoms with van der Waals surface area (Å²) in [5.74, 6) is 2.70. The molecule has 0 amide bonds. The van der Waals surface area contributed by atoms with Gasteiger partial charge < -0.3 is 10.3 Å². The van der Waals surface area contributed by atoms with E-state index >= 15 is 0 Å². The number of hydrogen-bond acceptors (Lipinski definition) is 5. The number of hydrogen-bond donors (Lipinski definition) is 1. The van der Waals surface area contributed by atoms with Gasteiger partial charge in [-0.2, -0.15) is 0 Å². The molecular weight excluding hydrogens is 336 g/mol. The molecule has 3 rings (SSSR count). The van der Waals surface area contributed by atoms with Crippen molar-refractivity contribution in [2.75, 3.05) is 17.2 Å². The van der Waals surface area contributed by atoms with E-state index in [0.717, 1.165) is 41.7 Å². The number of pyridine rings is 1. The fourth-order valence-electron chi connectivity index (χ4n) is 3.25. The molecule has 0 bridgehead atoms. The molecule has 6 nitrogen and oxygen atoms in total. The predicted octanol–water partition coefficient (Wildman–Crippen LogP) is 2.88. The Morgan fingerprint density at radius 3 is 2.68 bits per heavy atom. The van der Waals surface area contributed by atoms with Gasteiger partial charge in [0.25, 0.3) is 0 Å². The zero-order chi connectivity index (χ0) is 18.0. The highest BCUT2D eigenvalue weighted by Gasteiger charge is 2.26. The molecule has 0 saturated heterocycles. The van der Waals surface area contributed by atoms with Crippen molar-refractivity contribution in [1.82, 2.24) is 14.5 Å². The van der Waals surface area contributed by atoms with Crippen molar-refractivity contribution in [3.05, 3.63) is 17.6 Å². The van der Waals surface area contributed by atoms with Crippen LogP contribution >= 0.6 is 0 Å². The summed E-state index contributed by atoms with van der Waals surface area (Å²) >= 11 is 0. The van der Waals surface area contributed by atoms with Gasteiger partial charge in [-0.15, -0.1) is 0 Å². The molecule has 1 aliphatic rings. The number of nitrogen functional groups attached to an aromatic ring is 1. The summed E-state index contributed by atoms with van der Waals surface area (Å²) in [4.78, 5) is 8.96. The van der Waals surface area contributed by atoms with E-state index in [-0.39, 0.29) is 5.75 Å². The molecule has 2 heterocycles. The summed E-state index contributed by atoms with van der Waals surface area (Å²) in [5, 5.41) is 0. The molecule has 2 aromatic rings. The van der Waals surface area contributed by atoms with E-state index in [9.17, 15) is 8.42 Å². The van der Waals surface area contributed by atoms with Crippen LogP contribution in [0.5, 0.6) is 0 Å². The maximum Gasteiger partial charge on any atom is 0.151 e. The third kappa shape index (κ3) is 4.32. The van der Waals surface area contributed by atoms with Gasteiger partial charge in [-0.05, 0) is 44.1 Å². The molecule has 25 heavy (non-hydrogen) atoms. The lowest BCUT2D eigenvalue weighted by Gasteiger charge is -2.11. The number of anilines is 1. The number of nitrogens with two attached hydrogens (primary N) is 1. The summed E-state index contributed by atoms with van der Waals surface area (Å²) in [5.41, 5.74) is 8.82. The molecule has 1 aliphatic carbocycles. The monoisotopic (exact) mass is 364 g/mol. The van der Waals surface area contributed by atoms with Crippen molar-refractivity contribution in [3.63, 3.8) is 0 Å². The first-order valence-corrected chi connectivity index (χ1v) is 11.0. The van der Waals surface area contributed by atoms with Gasteiger partial charge in [0.1, 0.15) is 21.2 Å². The zero-order valence-corrected chi connectivity index (χ0v) is 16.0. The Labute approximate surface area is 149 Å². The zero-order valence-electron chi connectivity index (χ0n) is 15.2. The van der Waals surface area contributed by atoms with Gasteiger partial charge in [0.15, 0.2) is 5.82 Å². The van der Waals surface area contributed by atoms with Crippen LogP contribution in [-0.4, -0.2) is 34.5 Å². The van der Waals surface area contributed by atoms with Gasteiger partial charge in [-0.25, -0.2) is 18.4 Å². The van der Waals surface area contributed by atoms with E-state index in [4.69, 9.17) is 10.7 Å². The van der Waals surface area contributed by atoms with E-state index in [1.165, 1.54) is 12.8 Å². The van der Waals surface area contributed by atoms with Crippen molar-refractivity contribution in [2.45, 2.75) is 58.9 Å². The highest BCUT2D eigenvalue weighted by molar-refractivity contribution is 7.91. The normalized spacial score (nSPS) is 15.1. The second kappa shape index (κ2) is 7.32. The minimum absolute atomic E-state index is 0.231. The molecule has 2 N–H and O–H groups in total. The minimum atomic E-state index is -2.96. The van der Waals surface area contributed by atoms with Crippen LogP contribution in [0.25, 0.3) is 11.0 Å². The summed E-state index contributed by atoms with van der Waals surface area (Å²) in [6.45, 7) is 4.68. The van der Waals surface area contributed by atoms with E-state index in [0.29, 0.717) is 30.5 Å². The van der Waals surface area contributed by atoms with Crippen molar-refractivity contribution in [2.24, 2.45) is 5.92 Å². The van der Waals surface area contributed by atoms with Gasteiger partial charge >= 0.3 is 0 Å². The molecule has 1 saturated carbocycles. The average Bonchev–Trinajstić information content (AvgIpc) is 3.30. The van der Waals surface area contributed by atoms with E-state index < -0.39 is 9.84 Å². The molecule has 0 aromatic carbocycles. The Bertz CT molecular complexity index is 854.